The van der Waals surface area contributed by atoms with E-state index in [1.54, 1.807) is 7.05 Å². The second kappa shape index (κ2) is 4.97. The topological polar surface area (TPSA) is 86.1 Å². The molecule has 5 unspecified atom stereocenters. The molecule has 7 heteroatoms. The van der Waals surface area contributed by atoms with Crippen LogP contribution in [-0.2, 0) is 4.74 Å². The third-order valence-corrected chi connectivity index (χ3v) is 4.77. The van der Waals surface area contributed by atoms with Crippen LogP contribution in [0.2, 0.25) is 0 Å². The van der Waals surface area contributed by atoms with Crippen molar-refractivity contribution in [3.8, 4) is 0 Å². The van der Waals surface area contributed by atoms with Crippen LogP contribution in [-0.4, -0.2) is 64.8 Å². The average molecular weight is 273 g/mol. The van der Waals surface area contributed by atoms with Crippen molar-refractivity contribution in [2.45, 2.75) is 48.7 Å². The van der Waals surface area contributed by atoms with Crippen LogP contribution in [0.25, 0.3) is 0 Å². The summed E-state index contributed by atoms with van der Waals surface area (Å²) in [4.78, 5) is 4.06. The Labute approximate surface area is 110 Å². The second-order valence-electron chi connectivity index (χ2n) is 5.02. The van der Waals surface area contributed by atoms with Crippen molar-refractivity contribution in [3.63, 3.8) is 0 Å². The Balaban J connectivity index is 1.63. The van der Waals surface area contributed by atoms with Crippen molar-refractivity contribution in [1.82, 2.24) is 10.6 Å². The predicted octanol–water partition coefficient (Wildman–Crippen LogP) is -1.12. The lowest BCUT2D eigenvalue weighted by molar-refractivity contribution is -0.154. The number of aliphatic imine (C=N–C) groups is 1. The summed E-state index contributed by atoms with van der Waals surface area (Å²) in [6, 6.07) is 0.290. The molecular formula is C11H19N3O3S. The Morgan fingerprint density at radius 2 is 2.22 bits per heavy atom. The van der Waals surface area contributed by atoms with Gasteiger partial charge in [-0.25, -0.2) is 0 Å². The van der Waals surface area contributed by atoms with E-state index in [0.717, 1.165) is 5.17 Å². The number of hydrogen-bond acceptors (Lipinski definition) is 6. The van der Waals surface area contributed by atoms with E-state index in [1.807, 2.05) is 0 Å². The number of nitrogens with one attached hydrogen (secondary N) is 2. The number of rotatable bonds is 3. The van der Waals surface area contributed by atoms with Gasteiger partial charge in [-0.3, -0.25) is 4.99 Å². The van der Waals surface area contributed by atoms with Crippen molar-refractivity contribution in [2.75, 3.05) is 13.6 Å². The van der Waals surface area contributed by atoms with Gasteiger partial charge in [-0.15, -0.1) is 0 Å². The highest BCUT2D eigenvalue weighted by atomic mass is 32.2. The zero-order chi connectivity index (χ0) is 12.7. The highest BCUT2D eigenvalue weighted by Crippen LogP contribution is 2.33. The fraction of sp³-hybridized carbons (Fsp3) is 0.909. The molecule has 3 rings (SSSR count). The van der Waals surface area contributed by atoms with Gasteiger partial charge in [-0.2, -0.15) is 0 Å². The first-order valence-corrected chi connectivity index (χ1v) is 7.22. The summed E-state index contributed by atoms with van der Waals surface area (Å²) in [5.74, 6) is 0. The second-order valence-corrected chi connectivity index (χ2v) is 6.11. The number of fused-ring (bicyclic) bond motifs is 1. The zero-order valence-electron chi connectivity index (χ0n) is 10.2. The van der Waals surface area contributed by atoms with Crippen LogP contribution in [0, 0.1) is 0 Å². The third kappa shape index (κ3) is 2.37. The molecule has 0 spiro atoms. The summed E-state index contributed by atoms with van der Waals surface area (Å²) < 4.78 is 5.85. The number of ether oxygens (including phenoxy) is 1. The van der Waals surface area contributed by atoms with Gasteiger partial charge in [0.25, 0.3) is 0 Å². The van der Waals surface area contributed by atoms with E-state index in [1.165, 1.54) is 24.6 Å². The Hall–Kier alpha value is -0.340. The minimum absolute atomic E-state index is 0.173. The molecule has 4 N–H and O–H groups in total. The Bertz CT molecular complexity index is 350. The van der Waals surface area contributed by atoms with Crippen molar-refractivity contribution >= 4 is 16.9 Å². The summed E-state index contributed by atoms with van der Waals surface area (Å²) in [7, 11) is 1.70. The monoisotopic (exact) mass is 273 g/mol. The molecule has 0 amide bonds. The number of aliphatic hydroxyl groups excluding tert-OH is 2. The van der Waals surface area contributed by atoms with Gasteiger partial charge in [-0.1, -0.05) is 11.8 Å². The molecule has 2 heterocycles. The van der Waals surface area contributed by atoms with Crippen LogP contribution in [0.4, 0.5) is 0 Å². The lowest BCUT2D eigenvalue weighted by Crippen LogP contribution is -2.60. The van der Waals surface area contributed by atoms with E-state index in [0.29, 0.717) is 12.6 Å². The molecule has 1 aliphatic carbocycles. The molecule has 3 fully saturated rings. The van der Waals surface area contributed by atoms with Crippen molar-refractivity contribution in [2.24, 2.45) is 4.99 Å². The minimum Gasteiger partial charge on any atom is -0.388 e. The molecule has 2 saturated heterocycles. The normalized spacial score (nSPS) is 45.9. The molecule has 1 saturated carbocycles. The van der Waals surface area contributed by atoms with Crippen LogP contribution in [0.5, 0.6) is 0 Å². The van der Waals surface area contributed by atoms with E-state index in [9.17, 15) is 10.2 Å². The largest absolute Gasteiger partial charge is 0.388 e. The predicted molar refractivity (Wildman–Crippen MR) is 69.6 cm³/mol. The van der Waals surface area contributed by atoms with Gasteiger partial charge >= 0.3 is 0 Å². The van der Waals surface area contributed by atoms with E-state index in [-0.39, 0.29) is 17.6 Å². The quantitative estimate of drug-likeness (QED) is 0.521. The van der Waals surface area contributed by atoms with Crippen molar-refractivity contribution < 1.29 is 14.9 Å². The summed E-state index contributed by atoms with van der Waals surface area (Å²) >= 11 is 1.47. The van der Waals surface area contributed by atoms with Gasteiger partial charge in [0, 0.05) is 19.6 Å². The minimum atomic E-state index is -0.859. The summed E-state index contributed by atoms with van der Waals surface area (Å²) in [6.45, 7) is 0.589. The smallest absolute Gasteiger partial charge is 0.159 e. The number of amidine groups is 1. The Morgan fingerprint density at radius 3 is 2.89 bits per heavy atom. The molecule has 0 bridgehead atoms. The van der Waals surface area contributed by atoms with E-state index < -0.39 is 12.2 Å². The molecule has 5 atom stereocenters. The van der Waals surface area contributed by atoms with Crippen LogP contribution in [0.3, 0.4) is 0 Å². The molecule has 0 radical (unpaired) electrons. The molecule has 2 aliphatic heterocycles. The summed E-state index contributed by atoms with van der Waals surface area (Å²) in [5, 5.41) is 27.4. The molecule has 3 aliphatic rings. The number of nitrogens with zero attached hydrogens (tertiary/aromatic N) is 1. The highest BCUT2D eigenvalue weighted by molar-refractivity contribution is 8.14. The summed E-state index contributed by atoms with van der Waals surface area (Å²) in [6.07, 6.45) is 0.358. The average Bonchev–Trinajstić information content (AvgIpc) is 3.10. The molecule has 18 heavy (non-hydrogen) atoms. The van der Waals surface area contributed by atoms with E-state index in [4.69, 9.17) is 4.74 Å². The van der Waals surface area contributed by atoms with Gasteiger partial charge in [-0.05, 0) is 12.8 Å². The standard InChI is InChI=1S/C11H19N3O3S/c1-12-11-14-7-9(16)8(15)6(17-10(7)18-11)4-13-5-2-3-5/h5-10,13,15-16H,2-4H2,1H3,(H,12,14). The molecule has 0 aromatic heterocycles. The first-order valence-electron chi connectivity index (χ1n) is 6.34. The highest BCUT2D eigenvalue weighted by Gasteiger charge is 2.48. The molecule has 0 aromatic rings. The maximum atomic E-state index is 10.1. The van der Waals surface area contributed by atoms with Crippen LogP contribution in [0.15, 0.2) is 4.99 Å². The molecule has 0 aromatic carbocycles. The first kappa shape index (κ1) is 12.7. The fourth-order valence-electron chi connectivity index (χ4n) is 2.33. The van der Waals surface area contributed by atoms with E-state index >= 15 is 0 Å². The summed E-state index contributed by atoms with van der Waals surface area (Å²) in [5.41, 5.74) is -0.173. The number of aliphatic hydroxyl groups is 2. The fourth-order valence-corrected chi connectivity index (χ4v) is 3.43. The number of hydrogen-bond donors (Lipinski definition) is 4. The van der Waals surface area contributed by atoms with Gasteiger partial charge in [0.05, 0.1) is 6.04 Å². The maximum Gasteiger partial charge on any atom is 0.159 e. The van der Waals surface area contributed by atoms with E-state index in [2.05, 4.69) is 15.6 Å². The first-order chi connectivity index (χ1) is 8.69. The van der Waals surface area contributed by atoms with Gasteiger partial charge in [0.1, 0.15) is 23.7 Å². The molecular weight excluding hydrogens is 254 g/mol. The maximum absolute atomic E-state index is 10.1. The van der Waals surface area contributed by atoms with Gasteiger partial charge in [0.15, 0.2) is 5.17 Å². The zero-order valence-corrected chi connectivity index (χ0v) is 11.1. The molecule has 6 nitrogen and oxygen atoms in total. The molecule has 102 valence electrons. The lowest BCUT2D eigenvalue weighted by atomic mass is 9.98. The van der Waals surface area contributed by atoms with Crippen molar-refractivity contribution in [1.29, 1.82) is 0 Å². The Morgan fingerprint density at radius 1 is 1.44 bits per heavy atom. The van der Waals surface area contributed by atoms with Crippen LogP contribution < -0.4 is 10.6 Å². The van der Waals surface area contributed by atoms with Crippen LogP contribution >= 0.6 is 11.8 Å². The van der Waals surface area contributed by atoms with Gasteiger partial charge in [0.2, 0.25) is 0 Å². The Kier molecular flexibility index (Phi) is 3.50. The van der Waals surface area contributed by atoms with Crippen LogP contribution in [0.1, 0.15) is 12.8 Å². The number of thioether (sulfide) groups is 1. The SMILES string of the molecule is CN=C1NC2C(OC(CNC3CC3)C(O)C2O)S1. The lowest BCUT2D eigenvalue weighted by Gasteiger charge is -2.39. The third-order valence-electron chi connectivity index (χ3n) is 3.61. The van der Waals surface area contributed by atoms with Gasteiger partial charge < -0.3 is 25.6 Å². The van der Waals surface area contributed by atoms with Crippen molar-refractivity contribution in [3.05, 3.63) is 0 Å².